The van der Waals surface area contributed by atoms with Crippen LogP contribution in [-0.2, 0) is 5.41 Å². The van der Waals surface area contributed by atoms with Gasteiger partial charge in [0.05, 0.1) is 19.9 Å². The minimum atomic E-state index is -1.60. The fraction of sp³-hybridized carbons (Fsp3) is 0.552. The Morgan fingerprint density at radius 3 is 2.45 bits per heavy atom. The van der Waals surface area contributed by atoms with E-state index in [0.717, 1.165) is 44.4 Å². The summed E-state index contributed by atoms with van der Waals surface area (Å²) in [7, 11) is 3.28. The van der Waals surface area contributed by atoms with E-state index in [-0.39, 0.29) is 23.2 Å². The average Bonchev–Trinajstić information content (AvgIpc) is 3.33. The van der Waals surface area contributed by atoms with Crippen LogP contribution in [-0.4, -0.2) is 49.8 Å². The van der Waals surface area contributed by atoms with Crippen LogP contribution in [0.5, 0.6) is 11.5 Å². The molecule has 3 aliphatic rings. The zero-order valence-corrected chi connectivity index (χ0v) is 22.0. The summed E-state index contributed by atoms with van der Waals surface area (Å²) in [5, 5.41) is 5.32. The molecule has 6 nitrogen and oxygen atoms in total. The second kappa shape index (κ2) is 11.0. The lowest BCUT2D eigenvalue weighted by Crippen LogP contribution is -2.55. The first-order valence-corrected chi connectivity index (χ1v) is 13.6. The topological polar surface area (TPSA) is 62.8 Å². The van der Waals surface area contributed by atoms with E-state index in [1.807, 2.05) is 6.07 Å². The lowest BCUT2D eigenvalue weighted by molar-refractivity contribution is 0.0825. The highest BCUT2D eigenvalue weighted by Crippen LogP contribution is 2.51. The Kier molecular flexibility index (Phi) is 7.75. The summed E-state index contributed by atoms with van der Waals surface area (Å²) < 4.78 is 52.1. The molecular formula is C29H36F3N3O3. The lowest BCUT2D eigenvalue weighted by Gasteiger charge is -2.47. The van der Waals surface area contributed by atoms with Crippen molar-refractivity contribution >= 4 is 11.7 Å². The molecule has 38 heavy (non-hydrogen) atoms. The zero-order valence-electron chi connectivity index (χ0n) is 22.0. The molecule has 2 aromatic rings. The Balaban J connectivity index is 1.37. The highest BCUT2D eigenvalue weighted by Gasteiger charge is 2.53. The Morgan fingerprint density at radius 1 is 0.947 bits per heavy atom. The van der Waals surface area contributed by atoms with Gasteiger partial charge in [-0.05, 0) is 74.9 Å². The van der Waals surface area contributed by atoms with Crippen molar-refractivity contribution in [3.8, 4) is 11.5 Å². The number of methoxy groups -OCH3 is 2. The number of urea groups is 1. The first-order valence-electron chi connectivity index (χ1n) is 13.6. The Bertz CT molecular complexity index is 1170. The number of nitrogens with zero attached hydrogens (tertiary/aromatic N) is 1. The normalized spacial score (nSPS) is 26.0. The molecule has 3 atom stereocenters. The van der Waals surface area contributed by atoms with E-state index in [4.69, 9.17) is 9.47 Å². The Morgan fingerprint density at radius 2 is 1.71 bits per heavy atom. The molecule has 1 heterocycles. The van der Waals surface area contributed by atoms with Crippen LogP contribution >= 0.6 is 0 Å². The first-order chi connectivity index (χ1) is 18.4. The molecule has 9 heteroatoms. The molecule has 0 bridgehead atoms. The van der Waals surface area contributed by atoms with Gasteiger partial charge in [0, 0.05) is 23.5 Å². The molecule has 0 radical (unpaired) electrons. The van der Waals surface area contributed by atoms with E-state index in [1.165, 1.54) is 37.7 Å². The molecule has 3 fully saturated rings. The molecule has 0 aromatic heterocycles. The molecule has 5 rings (SSSR count). The van der Waals surface area contributed by atoms with Crippen molar-refractivity contribution in [3.05, 3.63) is 53.3 Å². The van der Waals surface area contributed by atoms with Crippen LogP contribution in [0.2, 0.25) is 0 Å². The molecule has 206 valence electrons. The summed E-state index contributed by atoms with van der Waals surface area (Å²) in [6.07, 6.45) is 9.53. The number of hydrogen-bond donors (Lipinski definition) is 2. The predicted octanol–water partition coefficient (Wildman–Crippen LogP) is 6.14. The molecular weight excluding hydrogens is 495 g/mol. The predicted molar refractivity (Wildman–Crippen MR) is 139 cm³/mol. The number of anilines is 1. The van der Waals surface area contributed by atoms with Gasteiger partial charge >= 0.3 is 6.03 Å². The summed E-state index contributed by atoms with van der Waals surface area (Å²) >= 11 is 0. The van der Waals surface area contributed by atoms with Gasteiger partial charge < -0.3 is 20.1 Å². The van der Waals surface area contributed by atoms with E-state index in [1.54, 1.807) is 14.2 Å². The first kappa shape index (κ1) is 26.7. The maximum Gasteiger partial charge on any atom is 0.319 e. The monoisotopic (exact) mass is 531 g/mol. The van der Waals surface area contributed by atoms with Crippen LogP contribution in [0, 0.1) is 17.5 Å². The molecule has 2 saturated carbocycles. The van der Waals surface area contributed by atoms with Crippen molar-refractivity contribution in [2.45, 2.75) is 81.3 Å². The Hall–Kier alpha value is -2.94. The van der Waals surface area contributed by atoms with Crippen LogP contribution in [0.4, 0.5) is 23.7 Å². The largest absolute Gasteiger partial charge is 0.493 e. The van der Waals surface area contributed by atoms with E-state index >= 15 is 0 Å². The number of rotatable bonds is 6. The highest BCUT2D eigenvalue weighted by atomic mass is 19.2. The molecule has 3 unspecified atom stereocenters. The molecule has 2 amide bonds. The number of ether oxygens (including phenoxy) is 2. The summed E-state index contributed by atoms with van der Waals surface area (Å²) in [5.41, 5.74) is 0.768. The standard InChI is InChI=1S/C29H36F3N3O3/c1-37-23-11-8-18(16-24(23)38-2)29-13-12-19(17-25(29)35(15-14-29)20-6-4-3-5-7-20)33-28(36)34-22-10-9-21(30)26(31)27(22)32/h8-11,16,19-20,25H,3-7,12-15,17H2,1-2H3,(H2,33,34,36). The van der Waals surface area contributed by atoms with E-state index < -0.39 is 23.5 Å². The second-order valence-electron chi connectivity index (χ2n) is 10.8. The van der Waals surface area contributed by atoms with Gasteiger partial charge in [-0.25, -0.2) is 18.0 Å². The summed E-state index contributed by atoms with van der Waals surface area (Å²) in [4.78, 5) is 15.4. The molecule has 2 aromatic carbocycles. The third-order valence-electron chi connectivity index (χ3n) is 8.92. The van der Waals surface area contributed by atoms with Gasteiger partial charge in [-0.2, -0.15) is 0 Å². The zero-order chi connectivity index (χ0) is 26.9. The second-order valence-corrected chi connectivity index (χ2v) is 10.8. The number of halogens is 3. The summed E-state index contributed by atoms with van der Waals surface area (Å²) in [6.45, 7) is 1.00. The molecule has 2 aliphatic carbocycles. The van der Waals surface area contributed by atoms with E-state index in [0.29, 0.717) is 17.5 Å². The number of carbonyl (C=O) groups is 1. The van der Waals surface area contributed by atoms with E-state index in [9.17, 15) is 18.0 Å². The number of amides is 2. The quantitative estimate of drug-likeness (QED) is 0.440. The third-order valence-corrected chi connectivity index (χ3v) is 8.92. The highest BCUT2D eigenvalue weighted by molar-refractivity contribution is 5.89. The van der Waals surface area contributed by atoms with Gasteiger partial charge in [0.2, 0.25) is 0 Å². The Labute approximate surface area is 221 Å². The van der Waals surface area contributed by atoms with Crippen LogP contribution < -0.4 is 20.1 Å². The van der Waals surface area contributed by atoms with Crippen molar-refractivity contribution in [2.75, 3.05) is 26.1 Å². The number of benzene rings is 2. The lowest BCUT2D eigenvalue weighted by atomic mass is 9.64. The van der Waals surface area contributed by atoms with Gasteiger partial charge in [-0.3, -0.25) is 4.90 Å². The van der Waals surface area contributed by atoms with Gasteiger partial charge in [0.25, 0.3) is 0 Å². The molecule has 1 aliphatic heterocycles. The van der Waals surface area contributed by atoms with Gasteiger partial charge in [0.15, 0.2) is 29.0 Å². The maximum atomic E-state index is 14.1. The number of nitrogens with one attached hydrogen (secondary N) is 2. The average molecular weight is 532 g/mol. The number of hydrogen-bond acceptors (Lipinski definition) is 4. The fourth-order valence-corrected chi connectivity index (χ4v) is 7.01. The van der Waals surface area contributed by atoms with Crippen LogP contribution in [0.3, 0.4) is 0 Å². The third kappa shape index (κ3) is 4.93. The number of carbonyl (C=O) groups excluding carboxylic acids is 1. The SMILES string of the molecule is COc1ccc(C23CCC(NC(=O)Nc4ccc(F)c(F)c4F)CC2N(C2CCCCC2)CC3)cc1OC. The minimum absolute atomic E-state index is 0.0716. The molecule has 1 saturated heterocycles. The van der Waals surface area contributed by atoms with E-state index in [2.05, 4.69) is 27.7 Å². The van der Waals surface area contributed by atoms with Crippen molar-refractivity contribution in [3.63, 3.8) is 0 Å². The smallest absolute Gasteiger partial charge is 0.319 e. The van der Waals surface area contributed by atoms with Gasteiger partial charge in [0.1, 0.15) is 0 Å². The fourth-order valence-electron chi connectivity index (χ4n) is 7.01. The minimum Gasteiger partial charge on any atom is -0.493 e. The van der Waals surface area contributed by atoms with Crippen LogP contribution in [0.25, 0.3) is 0 Å². The van der Waals surface area contributed by atoms with Crippen LogP contribution in [0.15, 0.2) is 30.3 Å². The van der Waals surface area contributed by atoms with Gasteiger partial charge in [-0.1, -0.05) is 25.3 Å². The number of likely N-dealkylation sites (tertiary alicyclic amines) is 1. The van der Waals surface area contributed by atoms with Crippen molar-refractivity contribution < 1.29 is 27.4 Å². The maximum absolute atomic E-state index is 14.1. The van der Waals surface area contributed by atoms with Gasteiger partial charge in [-0.15, -0.1) is 0 Å². The van der Waals surface area contributed by atoms with Crippen molar-refractivity contribution in [1.82, 2.24) is 10.2 Å². The summed E-state index contributed by atoms with van der Waals surface area (Å²) in [6, 6.07) is 8.03. The van der Waals surface area contributed by atoms with Crippen LogP contribution in [0.1, 0.15) is 63.4 Å². The number of fused-ring (bicyclic) bond motifs is 1. The summed E-state index contributed by atoms with van der Waals surface area (Å²) in [5.74, 6) is -2.90. The molecule has 0 spiro atoms. The van der Waals surface area contributed by atoms with Crippen molar-refractivity contribution in [2.24, 2.45) is 0 Å². The molecule has 2 N–H and O–H groups in total. The van der Waals surface area contributed by atoms with Crippen molar-refractivity contribution in [1.29, 1.82) is 0 Å².